The Morgan fingerprint density at radius 2 is 2.05 bits per heavy atom. The average molecular weight is 286 g/mol. The highest BCUT2D eigenvalue weighted by atomic mass is 16.5. The largest absolute Gasteiger partial charge is 0.481 e. The van der Waals surface area contributed by atoms with Gasteiger partial charge in [0.05, 0.1) is 19.3 Å². The predicted molar refractivity (Wildman–Crippen MR) is 75.1 cm³/mol. The number of carbonyl (C=O) groups is 2. The van der Waals surface area contributed by atoms with Gasteiger partial charge in [-0.2, -0.15) is 0 Å². The van der Waals surface area contributed by atoms with Crippen LogP contribution < -0.4 is 5.73 Å². The lowest BCUT2D eigenvalue weighted by molar-refractivity contribution is -0.144. The number of rotatable bonds is 7. The fourth-order valence-electron chi connectivity index (χ4n) is 2.67. The Hall–Kier alpha value is -1.14. The van der Waals surface area contributed by atoms with E-state index in [2.05, 4.69) is 13.8 Å². The minimum atomic E-state index is -0.912. The summed E-state index contributed by atoms with van der Waals surface area (Å²) in [7, 11) is 1.65. The summed E-state index contributed by atoms with van der Waals surface area (Å²) < 4.78 is 5.20. The van der Waals surface area contributed by atoms with Crippen molar-refractivity contribution in [3.8, 4) is 0 Å². The van der Waals surface area contributed by atoms with Crippen molar-refractivity contribution in [1.29, 1.82) is 0 Å². The van der Waals surface area contributed by atoms with Crippen molar-refractivity contribution in [3.63, 3.8) is 0 Å². The topological polar surface area (TPSA) is 92.9 Å². The van der Waals surface area contributed by atoms with Crippen molar-refractivity contribution in [3.05, 3.63) is 0 Å². The molecule has 6 heteroatoms. The molecule has 1 saturated heterocycles. The summed E-state index contributed by atoms with van der Waals surface area (Å²) in [5.41, 5.74) is 5.71. The van der Waals surface area contributed by atoms with Crippen molar-refractivity contribution < 1.29 is 19.4 Å². The fourth-order valence-corrected chi connectivity index (χ4v) is 2.67. The van der Waals surface area contributed by atoms with E-state index < -0.39 is 11.9 Å². The molecule has 0 aromatic carbocycles. The van der Waals surface area contributed by atoms with Crippen molar-refractivity contribution >= 4 is 11.9 Å². The summed E-state index contributed by atoms with van der Waals surface area (Å²) in [6.45, 7) is 5.13. The lowest BCUT2D eigenvalue weighted by Crippen LogP contribution is -2.45. The number of aliphatic carboxylic acids is 1. The van der Waals surface area contributed by atoms with Gasteiger partial charge >= 0.3 is 5.97 Å². The molecule has 116 valence electrons. The van der Waals surface area contributed by atoms with Gasteiger partial charge in [0.25, 0.3) is 0 Å². The summed E-state index contributed by atoms with van der Waals surface area (Å²) in [5, 5.41) is 9.12. The second-order valence-corrected chi connectivity index (χ2v) is 5.99. The number of likely N-dealkylation sites (N-methyl/N-ethyl adjacent to an activating group) is 1. The number of hydrogen-bond donors (Lipinski definition) is 2. The SMILES string of the molecule is CC(C)C[C@H](CN)CC(=O)N(C)C1COCC1C(=O)O. The van der Waals surface area contributed by atoms with Gasteiger partial charge in [0, 0.05) is 13.5 Å². The number of ether oxygens (including phenoxy) is 1. The molecule has 3 atom stereocenters. The molecule has 1 fully saturated rings. The molecule has 1 amide bonds. The molecule has 1 aliphatic rings. The van der Waals surface area contributed by atoms with Crippen LogP contribution in [-0.4, -0.2) is 54.7 Å². The van der Waals surface area contributed by atoms with E-state index in [1.54, 1.807) is 7.05 Å². The average Bonchev–Trinajstić information content (AvgIpc) is 2.85. The normalized spacial score (nSPS) is 23.9. The lowest BCUT2D eigenvalue weighted by Gasteiger charge is -2.28. The van der Waals surface area contributed by atoms with E-state index in [4.69, 9.17) is 15.6 Å². The first-order chi connectivity index (χ1) is 9.36. The van der Waals surface area contributed by atoms with E-state index in [0.717, 1.165) is 6.42 Å². The molecule has 0 aliphatic carbocycles. The molecule has 1 rings (SSSR count). The zero-order chi connectivity index (χ0) is 15.3. The fraction of sp³-hybridized carbons (Fsp3) is 0.857. The number of hydrogen-bond acceptors (Lipinski definition) is 4. The van der Waals surface area contributed by atoms with E-state index >= 15 is 0 Å². The minimum Gasteiger partial charge on any atom is -0.481 e. The van der Waals surface area contributed by atoms with Gasteiger partial charge in [-0.3, -0.25) is 9.59 Å². The van der Waals surface area contributed by atoms with Crippen molar-refractivity contribution in [1.82, 2.24) is 4.90 Å². The highest BCUT2D eigenvalue weighted by molar-refractivity contribution is 5.78. The maximum atomic E-state index is 12.3. The third kappa shape index (κ3) is 4.45. The maximum Gasteiger partial charge on any atom is 0.311 e. The Kier molecular flexibility index (Phi) is 6.42. The number of nitrogens with two attached hydrogens (primary N) is 1. The summed E-state index contributed by atoms with van der Waals surface area (Å²) in [5.74, 6) is -0.961. The third-order valence-electron chi connectivity index (χ3n) is 3.86. The van der Waals surface area contributed by atoms with Crippen LogP contribution in [0.25, 0.3) is 0 Å². The Bertz CT molecular complexity index is 346. The molecule has 0 spiro atoms. The number of carboxylic acid groups (broad SMARTS) is 1. The molecule has 3 N–H and O–H groups in total. The second kappa shape index (κ2) is 7.59. The number of carboxylic acids is 1. The number of nitrogens with zero attached hydrogens (tertiary/aromatic N) is 1. The molecule has 0 aromatic heterocycles. The Labute approximate surface area is 120 Å². The Morgan fingerprint density at radius 1 is 1.40 bits per heavy atom. The first-order valence-corrected chi connectivity index (χ1v) is 7.13. The van der Waals surface area contributed by atoms with Gasteiger partial charge < -0.3 is 20.5 Å². The highest BCUT2D eigenvalue weighted by Gasteiger charge is 2.38. The van der Waals surface area contributed by atoms with Crippen LogP contribution in [0.1, 0.15) is 26.7 Å². The van der Waals surface area contributed by atoms with Crippen molar-refractivity contribution in [2.45, 2.75) is 32.7 Å². The number of amides is 1. The quantitative estimate of drug-likeness (QED) is 0.713. The van der Waals surface area contributed by atoms with E-state index in [0.29, 0.717) is 18.9 Å². The molecular formula is C14H26N2O4. The van der Waals surface area contributed by atoms with Crippen LogP contribution in [0.5, 0.6) is 0 Å². The number of carbonyl (C=O) groups excluding carboxylic acids is 1. The Balaban J connectivity index is 2.59. The monoisotopic (exact) mass is 286 g/mol. The summed E-state index contributed by atoms with van der Waals surface area (Å²) in [4.78, 5) is 24.9. The van der Waals surface area contributed by atoms with Crippen LogP contribution in [0.15, 0.2) is 0 Å². The van der Waals surface area contributed by atoms with E-state index in [9.17, 15) is 9.59 Å². The van der Waals surface area contributed by atoms with E-state index in [1.807, 2.05) is 0 Å². The van der Waals surface area contributed by atoms with Crippen molar-refractivity contribution in [2.24, 2.45) is 23.5 Å². The molecule has 0 saturated carbocycles. The van der Waals surface area contributed by atoms with Crippen LogP contribution in [0.3, 0.4) is 0 Å². The summed E-state index contributed by atoms with van der Waals surface area (Å²) >= 11 is 0. The van der Waals surface area contributed by atoms with E-state index in [-0.39, 0.29) is 31.1 Å². The molecule has 0 bridgehead atoms. The second-order valence-electron chi connectivity index (χ2n) is 5.99. The lowest BCUT2D eigenvalue weighted by atomic mass is 9.93. The molecule has 1 heterocycles. The smallest absolute Gasteiger partial charge is 0.311 e. The van der Waals surface area contributed by atoms with Gasteiger partial charge in [0.15, 0.2) is 0 Å². The summed E-state index contributed by atoms with van der Waals surface area (Å²) in [6, 6.07) is -0.377. The van der Waals surface area contributed by atoms with Crippen LogP contribution in [0.4, 0.5) is 0 Å². The van der Waals surface area contributed by atoms with Crippen LogP contribution in [-0.2, 0) is 14.3 Å². The molecule has 2 unspecified atom stereocenters. The molecule has 0 aromatic rings. The standard InChI is InChI=1S/C14H26N2O4/c1-9(2)4-10(6-15)5-13(17)16(3)12-8-20-7-11(12)14(18)19/h9-12H,4-8,15H2,1-3H3,(H,18,19)/t10-,11?,12?/m0/s1. The third-order valence-corrected chi connectivity index (χ3v) is 3.86. The molecule has 6 nitrogen and oxygen atoms in total. The first kappa shape index (κ1) is 16.9. The van der Waals surface area contributed by atoms with Gasteiger partial charge in [0.1, 0.15) is 5.92 Å². The highest BCUT2D eigenvalue weighted by Crippen LogP contribution is 2.22. The Morgan fingerprint density at radius 3 is 2.55 bits per heavy atom. The molecular weight excluding hydrogens is 260 g/mol. The predicted octanol–water partition coefficient (Wildman–Crippen LogP) is 0.556. The maximum absolute atomic E-state index is 12.3. The minimum absolute atomic E-state index is 0.0529. The van der Waals surface area contributed by atoms with E-state index in [1.165, 1.54) is 4.90 Å². The van der Waals surface area contributed by atoms with Gasteiger partial charge in [-0.25, -0.2) is 0 Å². The van der Waals surface area contributed by atoms with Gasteiger partial charge in [-0.05, 0) is 24.8 Å². The van der Waals surface area contributed by atoms with Gasteiger partial charge in [-0.15, -0.1) is 0 Å². The van der Waals surface area contributed by atoms with Crippen LogP contribution >= 0.6 is 0 Å². The van der Waals surface area contributed by atoms with Crippen molar-refractivity contribution in [2.75, 3.05) is 26.8 Å². The molecule has 0 radical (unpaired) electrons. The van der Waals surface area contributed by atoms with Crippen LogP contribution in [0.2, 0.25) is 0 Å². The van der Waals surface area contributed by atoms with Gasteiger partial charge in [-0.1, -0.05) is 13.8 Å². The molecule has 1 aliphatic heterocycles. The molecule has 20 heavy (non-hydrogen) atoms. The zero-order valence-corrected chi connectivity index (χ0v) is 12.5. The summed E-state index contributed by atoms with van der Waals surface area (Å²) in [6.07, 6.45) is 1.27. The van der Waals surface area contributed by atoms with Crippen LogP contribution in [0, 0.1) is 17.8 Å². The first-order valence-electron chi connectivity index (χ1n) is 7.13. The zero-order valence-electron chi connectivity index (χ0n) is 12.5. The van der Waals surface area contributed by atoms with Gasteiger partial charge in [0.2, 0.25) is 5.91 Å².